The maximum absolute atomic E-state index is 10.3. The predicted molar refractivity (Wildman–Crippen MR) is 85.3 cm³/mol. The monoisotopic (exact) mass is 306 g/mol. The molecule has 0 radical (unpaired) electrons. The zero-order valence-corrected chi connectivity index (χ0v) is 13.3. The van der Waals surface area contributed by atoms with Crippen molar-refractivity contribution in [3.8, 4) is 0 Å². The molecule has 0 saturated carbocycles. The summed E-state index contributed by atoms with van der Waals surface area (Å²) in [7, 11) is 0. The Hall–Kier alpha value is -1.14. The Morgan fingerprint density at radius 1 is 0.476 bits per heavy atom. The van der Waals surface area contributed by atoms with Crippen LogP contribution in [-0.2, 0) is 9.59 Å². The standard InChI is InChI=1S/C15H28O4.2H3N/c16-14(17)12-10-8-6-4-2-1-3-5-7-9-11-13-15(18)19;;/h1-13H2,(H,16,17)(H,18,19);2*1H3. The average Bonchev–Trinajstić information content (AvgIpc) is 2.34. The molecule has 0 rings (SSSR count). The van der Waals surface area contributed by atoms with E-state index in [9.17, 15) is 9.59 Å². The quantitative estimate of drug-likeness (QED) is 0.346. The molecule has 0 aromatic rings. The fourth-order valence-electron chi connectivity index (χ4n) is 2.14. The summed E-state index contributed by atoms with van der Waals surface area (Å²) in [6, 6.07) is 0. The molecule has 8 N–H and O–H groups in total. The Balaban J connectivity index is -0.00000162. The molecular formula is C15H34N2O4. The third-order valence-corrected chi connectivity index (χ3v) is 3.28. The van der Waals surface area contributed by atoms with Crippen LogP contribution in [-0.4, -0.2) is 22.2 Å². The molecule has 0 aliphatic carbocycles. The van der Waals surface area contributed by atoms with Crippen molar-refractivity contribution >= 4 is 11.9 Å². The van der Waals surface area contributed by atoms with Crippen molar-refractivity contribution in [2.75, 3.05) is 0 Å². The van der Waals surface area contributed by atoms with Gasteiger partial charge in [-0.05, 0) is 12.8 Å². The SMILES string of the molecule is N.N.O=C(O)CCCCCCCCCCCCCC(=O)O. The molecule has 0 bridgehead atoms. The third-order valence-electron chi connectivity index (χ3n) is 3.28. The number of rotatable bonds is 14. The van der Waals surface area contributed by atoms with Gasteiger partial charge in [-0.25, -0.2) is 0 Å². The summed E-state index contributed by atoms with van der Waals surface area (Å²) in [6.45, 7) is 0. The molecule has 128 valence electrons. The summed E-state index contributed by atoms with van der Waals surface area (Å²) >= 11 is 0. The van der Waals surface area contributed by atoms with E-state index >= 15 is 0 Å². The van der Waals surface area contributed by atoms with Crippen LogP contribution in [0.1, 0.15) is 83.5 Å². The molecule has 6 heteroatoms. The molecule has 0 atom stereocenters. The van der Waals surface area contributed by atoms with Gasteiger partial charge in [0.15, 0.2) is 0 Å². The molecule has 0 spiro atoms. The predicted octanol–water partition coefficient (Wildman–Crippen LogP) is 4.55. The second-order valence-corrected chi connectivity index (χ2v) is 5.18. The normalized spacial score (nSPS) is 9.52. The minimum Gasteiger partial charge on any atom is -0.481 e. The fraction of sp³-hybridized carbons (Fsp3) is 0.867. The number of carboxylic acids is 2. The molecule has 0 aromatic carbocycles. The summed E-state index contributed by atoms with van der Waals surface area (Å²) in [6.07, 6.45) is 12.7. The van der Waals surface area contributed by atoms with E-state index in [0.717, 1.165) is 38.5 Å². The van der Waals surface area contributed by atoms with Crippen molar-refractivity contribution < 1.29 is 19.8 Å². The molecule has 0 heterocycles. The first-order valence-electron chi connectivity index (χ1n) is 7.56. The highest BCUT2D eigenvalue weighted by molar-refractivity contribution is 5.66. The molecule has 0 saturated heterocycles. The van der Waals surface area contributed by atoms with Gasteiger partial charge in [0.05, 0.1) is 0 Å². The highest BCUT2D eigenvalue weighted by Crippen LogP contribution is 2.12. The highest BCUT2D eigenvalue weighted by atomic mass is 16.4. The van der Waals surface area contributed by atoms with E-state index in [0.29, 0.717) is 12.8 Å². The van der Waals surface area contributed by atoms with E-state index in [-0.39, 0.29) is 12.3 Å². The minimum atomic E-state index is -0.692. The molecule has 0 amide bonds. The van der Waals surface area contributed by atoms with E-state index in [2.05, 4.69) is 0 Å². The molecule has 0 aromatic heterocycles. The number of hydrogen-bond donors (Lipinski definition) is 4. The molecule has 0 aliphatic heterocycles. The average molecular weight is 306 g/mol. The van der Waals surface area contributed by atoms with Crippen LogP contribution in [0.5, 0.6) is 0 Å². The Labute approximate surface area is 128 Å². The molecule has 6 nitrogen and oxygen atoms in total. The Kier molecular flexibility index (Phi) is 22.3. The third kappa shape index (κ3) is 24.3. The number of unbranched alkanes of at least 4 members (excludes halogenated alkanes) is 10. The van der Waals surface area contributed by atoms with Gasteiger partial charge in [0.2, 0.25) is 0 Å². The van der Waals surface area contributed by atoms with Gasteiger partial charge in [-0.3, -0.25) is 9.59 Å². The fourth-order valence-corrected chi connectivity index (χ4v) is 2.14. The van der Waals surface area contributed by atoms with Crippen LogP contribution in [0.3, 0.4) is 0 Å². The second-order valence-electron chi connectivity index (χ2n) is 5.18. The lowest BCUT2D eigenvalue weighted by Gasteiger charge is -2.02. The van der Waals surface area contributed by atoms with Crippen LogP contribution in [0, 0.1) is 0 Å². The van der Waals surface area contributed by atoms with E-state index in [1.54, 1.807) is 0 Å². The Morgan fingerprint density at radius 2 is 0.667 bits per heavy atom. The molecule has 0 aliphatic rings. The van der Waals surface area contributed by atoms with E-state index in [1.165, 1.54) is 32.1 Å². The Morgan fingerprint density at radius 3 is 0.857 bits per heavy atom. The van der Waals surface area contributed by atoms with E-state index in [1.807, 2.05) is 0 Å². The maximum atomic E-state index is 10.3. The lowest BCUT2D eigenvalue weighted by Crippen LogP contribution is -1.93. The van der Waals surface area contributed by atoms with Gasteiger partial charge in [-0.15, -0.1) is 0 Å². The highest BCUT2D eigenvalue weighted by Gasteiger charge is 1.98. The lowest BCUT2D eigenvalue weighted by atomic mass is 10.0. The summed E-state index contributed by atoms with van der Waals surface area (Å²) in [4.78, 5) is 20.6. The van der Waals surface area contributed by atoms with Crippen LogP contribution in [0.4, 0.5) is 0 Å². The number of hydrogen-bond acceptors (Lipinski definition) is 4. The minimum absolute atomic E-state index is 0. The summed E-state index contributed by atoms with van der Waals surface area (Å²) in [5.41, 5.74) is 0. The van der Waals surface area contributed by atoms with Gasteiger partial charge in [-0.2, -0.15) is 0 Å². The number of aliphatic carboxylic acids is 2. The second kappa shape index (κ2) is 18.9. The van der Waals surface area contributed by atoms with Crippen molar-refractivity contribution in [2.45, 2.75) is 83.5 Å². The van der Waals surface area contributed by atoms with Gasteiger partial charge in [0, 0.05) is 12.8 Å². The lowest BCUT2D eigenvalue weighted by molar-refractivity contribution is -0.138. The van der Waals surface area contributed by atoms with Crippen LogP contribution in [0.15, 0.2) is 0 Å². The topological polar surface area (TPSA) is 145 Å². The molecular weight excluding hydrogens is 272 g/mol. The number of carbonyl (C=O) groups is 2. The molecule has 0 unspecified atom stereocenters. The van der Waals surface area contributed by atoms with Crippen molar-refractivity contribution in [1.82, 2.24) is 12.3 Å². The first-order chi connectivity index (χ1) is 9.13. The largest absolute Gasteiger partial charge is 0.481 e. The summed E-state index contributed by atoms with van der Waals surface area (Å²) in [5, 5.41) is 16.9. The number of carboxylic acid groups (broad SMARTS) is 2. The van der Waals surface area contributed by atoms with Crippen molar-refractivity contribution in [2.24, 2.45) is 0 Å². The van der Waals surface area contributed by atoms with Crippen LogP contribution in [0.2, 0.25) is 0 Å². The summed E-state index contributed by atoms with van der Waals surface area (Å²) < 4.78 is 0. The maximum Gasteiger partial charge on any atom is 0.303 e. The van der Waals surface area contributed by atoms with Gasteiger partial charge in [0.1, 0.15) is 0 Å². The van der Waals surface area contributed by atoms with Crippen molar-refractivity contribution in [3.63, 3.8) is 0 Å². The van der Waals surface area contributed by atoms with Crippen molar-refractivity contribution in [1.29, 1.82) is 0 Å². The van der Waals surface area contributed by atoms with E-state index in [4.69, 9.17) is 10.2 Å². The van der Waals surface area contributed by atoms with Crippen LogP contribution >= 0.6 is 0 Å². The van der Waals surface area contributed by atoms with Crippen LogP contribution in [0.25, 0.3) is 0 Å². The zero-order valence-electron chi connectivity index (χ0n) is 13.3. The summed E-state index contributed by atoms with van der Waals surface area (Å²) in [5.74, 6) is -1.38. The Bertz CT molecular complexity index is 224. The van der Waals surface area contributed by atoms with Gasteiger partial charge < -0.3 is 22.5 Å². The molecule has 21 heavy (non-hydrogen) atoms. The first-order valence-corrected chi connectivity index (χ1v) is 7.56. The smallest absolute Gasteiger partial charge is 0.303 e. The van der Waals surface area contributed by atoms with Crippen LogP contribution < -0.4 is 12.3 Å². The van der Waals surface area contributed by atoms with Gasteiger partial charge >= 0.3 is 11.9 Å². The van der Waals surface area contributed by atoms with Crippen molar-refractivity contribution in [3.05, 3.63) is 0 Å². The molecule has 0 fully saturated rings. The first kappa shape index (κ1) is 24.9. The zero-order chi connectivity index (χ0) is 14.3. The van der Waals surface area contributed by atoms with E-state index < -0.39 is 11.9 Å². The van der Waals surface area contributed by atoms with Gasteiger partial charge in [0.25, 0.3) is 0 Å². The van der Waals surface area contributed by atoms with Gasteiger partial charge in [-0.1, -0.05) is 57.8 Å².